The maximum absolute atomic E-state index is 9.84. The van der Waals surface area contributed by atoms with Crippen molar-refractivity contribution in [3.8, 4) is 0 Å². The van der Waals surface area contributed by atoms with Crippen molar-refractivity contribution >= 4 is 0 Å². The number of aliphatic hydroxyl groups excluding tert-OH is 4. The molecule has 1 rings (SSSR count). The van der Waals surface area contributed by atoms with E-state index in [0.717, 1.165) is 19.4 Å². The van der Waals surface area contributed by atoms with E-state index in [9.17, 15) is 20.4 Å². The van der Waals surface area contributed by atoms with Crippen LogP contribution >= 0.6 is 0 Å². The van der Waals surface area contributed by atoms with E-state index in [1.807, 2.05) is 4.90 Å². The monoisotopic (exact) mass is 275 g/mol. The van der Waals surface area contributed by atoms with Crippen LogP contribution in [0, 0.1) is 0 Å². The van der Waals surface area contributed by atoms with Crippen molar-refractivity contribution < 1.29 is 20.4 Å². The average molecular weight is 275 g/mol. The van der Waals surface area contributed by atoms with Gasteiger partial charge in [-0.2, -0.15) is 0 Å². The molecule has 1 aliphatic rings. The largest absolute Gasteiger partial charge is 0.395 e. The fourth-order valence-electron chi connectivity index (χ4n) is 2.73. The molecule has 4 atom stereocenters. The highest BCUT2D eigenvalue weighted by Gasteiger charge is 2.40. The van der Waals surface area contributed by atoms with Crippen molar-refractivity contribution in [1.82, 2.24) is 4.90 Å². The summed E-state index contributed by atoms with van der Waals surface area (Å²) in [6.45, 7) is 3.06. The van der Waals surface area contributed by atoms with Crippen molar-refractivity contribution in [1.29, 1.82) is 0 Å². The van der Waals surface area contributed by atoms with Gasteiger partial charge in [-0.25, -0.2) is 0 Å². The Bertz CT molecular complexity index is 239. The molecule has 0 aromatic rings. The van der Waals surface area contributed by atoms with Gasteiger partial charge < -0.3 is 20.4 Å². The maximum Gasteiger partial charge on any atom is 0.109 e. The third kappa shape index (κ3) is 5.00. The summed E-state index contributed by atoms with van der Waals surface area (Å²) in [6.07, 6.45) is 3.92. The molecule has 1 aliphatic heterocycles. The minimum atomic E-state index is -1.15. The number of piperidine rings is 1. The van der Waals surface area contributed by atoms with Crippen LogP contribution in [0.5, 0.6) is 0 Å². The molecule has 0 aromatic heterocycles. The van der Waals surface area contributed by atoms with Crippen molar-refractivity contribution in [3.05, 3.63) is 0 Å². The summed E-state index contributed by atoms with van der Waals surface area (Å²) in [6, 6.07) is -0.464. The van der Waals surface area contributed by atoms with Gasteiger partial charge in [0.1, 0.15) is 12.2 Å². The van der Waals surface area contributed by atoms with Crippen molar-refractivity contribution in [3.63, 3.8) is 0 Å². The Morgan fingerprint density at radius 2 is 1.58 bits per heavy atom. The third-order valence-electron chi connectivity index (χ3n) is 4.01. The molecule has 4 N–H and O–H groups in total. The zero-order valence-electron chi connectivity index (χ0n) is 11.9. The lowest BCUT2D eigenvalue weighted by Gasteiger charge is -2.43. The van der Waals surface area contributed by atoms with E-state index in [1.165, 1.54) is 25.7 Å². The normalized spacial score (nSPS) is 32.7. The minimum Gasteiger partial charge on any atom is -0.395 e. The number of likely N-dealkylation sites (tertiary alicyclic amines) is 1. The van der Waals surface area contributed by atoms with E-state index in [4.69, 9.17) is 0 Å². The van der Waals surface area contributed by atoms with Crippen LogP contribution in [-0.4, -0.2) is 69.4 Å². The summed E-state index contributed by atoms with van der Waals surface area (Å²) in [7, 11) is 0. The van der Waals surface area contributed by atoms with E-state index in [2.05, 4.69) is 6.92 Å². The predicted molar refractivity (Wildman–Crippen MR) is 73.8 cm³/mol. The second kappa shape index (κ2) is 8.87. The number of nitrogens with zero attached hydrogens (tertiary/aromatic N) is 1. The standard InChI is InChI=1S/C14H29NO4/c1-2-3-4-5-6-7-8-15-9-12(17)14(19)13(18)11(15)10-16/h11-14,16-19H,2-10H2,1H3. The van der Waals surface area contributed by atoms with Gasteiger partial charge in [0.05, 0.1) is 18.8 Å². The van der Waals surface area contributed by atoms with Crippen LogP contribution in [0.25, 0.3) is 0 Å². The number of aliphatic hydroxyl groups is 4. The third-order valence-corrected chi connectivity index (χ3v) is 4.01. The number of hydrogen-bond acceptors (Lipinski definition) is 5. The zero-order chi connectivity index (χ0) is 14.3. The molecule has 5 heteroatoms. The van der Waals surface area contributed by atoms with E-state index in [-0.39, 0.29) is 6.61 Å². The molecule has 5 nitrogen and oxygen atoms in total. The highest BCUT2D eigenvalue weighted by Crippen LogP contribution is 2.19. The Balaban J connectivity index is 2.30. The fraction of sp³-hybridized carbons (Fsp3) is 1.00. The van der Waals surface area contributed by atoms with Gasteiger partial charge >= 0.3 is 0 Å². The smallest absolute Gasteiger partial charge is 0.109 e. The fourth-order valence-corrected chi connectivity index (χ4v) is 2.73. The van der Waals surface area contributed by atoms with Crippen LogP contribution in [0.15, 0.2) is 0 Å². The first kappa shape index (κ1) is 16.9. The van der Waals surface area contributed by atoms with Crippen LogP contribution in [-0.2, 0) is 0 Å². The highest BCUT2D eigenvalue weighted by molar-refractivity contribution is 4.93. The van der Waals surface area contributed by atoms with E-state index >= 15 is 0 Å². The van der Waals surface area contributed by atoms with E-state index in [0.29, 0.717) is 6.54 Å². The summed E-state index contributed by atoms with van der Waals surface area (Å²) in [4.78, 5) is 1.89. The second-order valence-electron chi connectivity index (χ2n) is 5.56. The molecule has 4 unspecified atom stereocenters. The number of β-amino-alcohol motifs (C(OH)–C–C–N with tert-alkyl or cyclic N) is 1. The predicted octanol–water partition coefficient (Wildman–Crippen LogP) is 0.106. The Morgan fingerprint density at radius 3 is 2.21 bits per heavy atom. The number of rotatable bonds is 8. The van der Waals surface area contributed by atoms with Gasteiger partial charge in [0.15, 0.2) is 0 Å². The van der Waals surface area contributed by atoms with Crippen LogP contribution in [0.4, 0.5) is 0 Å². The van der Waals surface area contributed by atoms with E-state index < -0.39 is 24.4 Å². The molecule has 0 aromatic carbocycles. The average Bonchev–Trinajstić information content (AvgIpc) is 2.40. The first-order valence-corrected chi connectivity index (χ1v) is 7.51. The van der Waals surface area contributed by atoms with Crippen molar-refractivity contribution in [2.24, 2.45) is 0 Å². The lowest BCUT2D eigenvalue weighted by molar-refractivity contribution is -0.145. The van der Waals surface area contributed by atoms with Gasteiger partial charge in [-0.1, -0.05) is 39.0 Å². The van der Waals surface area contributed by atoms with Crippen LogP contribution < -0.4 is 0 Å². The molecule has 114 valence electrons. The van der Waals surface area contributed by atoms with Gasteiger partial charge in [0, 0.05) is 6.54 Å². The summed E-state index contributed by atoms with van der Waals surface area (Å²) in [5, 5.41) is 38.4. The summed E-state index contributed by atoms with van der Waals surface area (Å²) in [5.41, 5.74) is 0. The molecule has 19 heavy (non-hydrogen) atoms. The lowest BCUT2D eigenvalue weighted by Crippen LogP contribution is -2.62. The summed E-state index contributed by atoms with van der Waals surface area (Å²) >= 11 is 0. The van der Waals surface area contributed by atoms with E-state index in [1.54, 1.807) is 0 Å². The molecule has 0 bridgehead atoms. The Morgan fingerprint density at radius 1 is 0.947 bits per heavy atom. The Kier molecular flexibility index (Phi) is 7.87. The number of unbranched alkanes of at least 4 members (excludes halogenated alkanes) is 5. The van der Waals surface area contributed by atoms with Gasteiger partial charge in [0.25, 0.3) is 0 Å². The molecular formula is C14H29NO4. The zero-order valence-corrected chi connectivity index (χ0v) is 11.9. The van der Waals surface area contributed by atoms with Crippen LogP contribution in [0.3, 0.4) is 0 Å². The summed E-state index contributed by atoms with van der Waals surface area (Å²) in [5.74, 6) is 0. The molecular weight excluding hydrogens is 246 g/mol. The quantitative estimate of drug-likeness (QED) is 0.472. The Hall–Kier alpha value is -0.200. The maximum atomic E-state index is 9.84. The highest BCUT2D eigenvalue weighted by atomic mass is 16.4. The first-order chi connectivity index (χ1) is 9.11. The van der Waals surface area contributed by atoms with Crippen LogP contribution in [0.2, 0.25) is 0 Å². The van der Waals surface area contributed by atoms with Crippen molar-refractivity contribution in [2.45, 2.75) is 69.8 Å². The molecule has 0 amide bonds. The van der Waals surface area contributed by atoms with Crippen molar-refractivity contribution in [2.75, 3.05) is 19.7 Å². The topological polar surface area (TPSA) is 84.2 Å². The second-order valence-corrected chi connectivity index (χ2v) is 5.56. The van der Waals surface area contributed by atoms with Gasteiger partial charge in [0.2, 0.25) is 0 Å². The minimum absolute atomic E-state index is 0.194. The van der Waals surface area contributed by atoms with Gasteiger partial charge in [-0.3, -0.25) is 4.90 Å². The van der Waals surface area contributed by atoms with Crippen LogP contribution in [0.1, 0.15) is 45.4 Å². The molecule has 0 saturated carbocycles. The molecule has 0 aliphatic carbocycles. The van der Waals surface area contributed by atoms with Gasteiger partial charge in [-0.05, 0) is 13.0 Å². The molecule has 0 spiro atoms. The first-order valence-electron chi connectivity index (χ1n) is 7.51. The Labute approximate surface area is 115 Å². The molecule has 1 fully saturated rings. The van der Waals surface area contributed by atoms with Gasteiger partial charge in [-0.15, -0.1) is 0 Å². The molecule has 0 radical (unpaired) electrons. The molecule has 1 saturated heterocycles. The SMILES string of the molecule is CCCCCCCCN1CC(O)C(O)C(O)C1CO. The summed E-state index contributed by atoms with van der Waals surface area (Å²) < 4.78 is 0. The number of hydrogen-bond donors (Lipinski definition) is 4. The lowest BCUT2D eigenvalue weighted by atomic mass is 9.94. The molecule has 1 heterocycles.